The summed E-state index contributed by atoms with van der Waals surface area (Å²) in [4.78, 5) is 0. The zero-order valence-corrected chi connectivity index (χ0v) is 14.1. The van der Waals surface area contributed by atoms with Crippen LogP contribution < -0.4 is 10.0 Å². The van der Waals surface area contributed by atoms with E-state index < -0.39 is 10.0 Å². The molecule has 0 aliphatic rings. The number of rotatable bonds is 6. The van der Waals surface area contributed by atoms with Gasteiger partial charge in [0.2, 0.25) is 0 Å². The lowest BCUT2D eigenvalue weighted by atomic mass is 10.3. The molecule has 0 unspecified atom stereocenters. The van der Waals surface area contributed by atoms with Gasteiger partial charge in [0.1, 0.15) is 0 Å². The van der Waals surface area contributed by atoms with Crippen LogP contribution >= 0.6 is 15.9 Å². The van der Waals surface area contributed by atoms with Gasteiger partial charge in [-0.05, 0) is 18.2 Å². The predicted octanol–water partition coefficient (Wildman–Crippen LogP) is 2.47. The van der Waals surface area contributed by atoms with Crippen LogP contribution in [0.3, 0.4) is 0 Å². The second-order valence-electron chi connectivity index (χ2n) is 4.88. The highest BCUT2D eigenvalue weighted by Gasteiger charge is 2.21. The second kappa shape index (κ2) is 6.59. The minimum absolute atomic E-state index is 0.0793. The van der Waals surface area contributed by atoms with Crippen molar-refractivity contribution < 1.29 is 8.42 Å². The number of nitrogens with zero attached hydrogens (tertiary/aromatic N) is 1. The van der Waals surface area contributed by atoms with Gasteiger partial charge < -0.3 is 5.32 Å². The van der Waals surface area contributed by atoms with E-state index in [0.29, 0.717) is 17.8 Å². The van der Waals surface area contributed by atoms with Gasteiger partial charge >= 0.3 is 0 Å². The lowest BCUT2D eigenvalue weighted by Crippen LogP contribution is -2.23. The van der Waals surface area contributed by atoms with Crippen LogP contribution in [0.2, 0.25) is 0 Å². The van der Waals surface area contributed by atoms with Crippen molar-refractivity contribution >= 4 is 31.6 Å². The van der Waals surface area contributed by atoms with E-state index >= 15 is 0 Å². The molecule has 0 spiro atoms. The van der Waals surface area contributed by atoms with Crippen molar-refractivity contribution in [2.24, 2.45) is 0 Å². The standard InChI is InChI=1S/C13H17BrN4O2S/c1-9(2)15-7-10-8-16-17-13(10)21(19,20)18-12-5-3-4-11(14)6-12/h3-6,8-9,15,18H,7H2,1-2H3,(H,16,17). The first-order valence-corrected chi connectivity index (χ1v) is 8.70. The Morgan fingerprint density at radius 2 is 2.14 bits per heavy atom. The fraction of sp³-hybridized carbons (Fsp3) is 0.308. The first kappa shape index (κ1) is 16.0. The smallest absolute Gasteiger partial charge is 0.279 e. The average Bonchev–Trinajstić information content (AvgIpc) is 2.85. The highest BCUT2D eigenvalue weighted by molar-refractivity contribution is 9.10. The molecule has 0 fully saturated rings. The van der Waals surface area contributed by atoms with Gasteiger partial charge in [-0.25, -0.2) is 0 Å². The van der Waals surface area contributed by atoms with E-state index in [1.54, 1.807) is 18.2 Å². The highest BCUT2D eigenvalue weighted by Crippen LogP contribution is 2.20. The lowest BCUT2D eigenvalue weighted by molar-refractivity contribution is 0.574. The Bertz CT molecular complexity index is 712. The van der Waals surface area contributed by atoms with Crippen LogP contribution in [0.15, 0.2) is 40.0 Å². The number of aromatic nitrogens is 2. The molecule has 8 heteroatoms. The van der Waals surface area contributed by atoms with Crippen molar-refractivity contribution in [2.75, 3.05) is 4.72 Å². The maximum Gasteiger partial charge on any atom is 0.279 e. The summed E-state index contributed by atoms with van der Waals surface area (Å²) in [5, 5.41) is 9.64. The summed E-state index contributed by atoms with van der Waals surface area (Å²) in [6, 6.07) is 7.22. The molecule has 3 N–H and O–H groups in total. The number of benzene rings is 1. The van der Waals surface area contributed by atoms with Crippen LogP contribution in [0.5, 0.6) is 0 Å². The Morgan fingerprint density at radius 3 is 2.81 bits per heavy atom. The minimum Gasteiger partial charge on any atom is -0.310 e. The third kappa shape index (κ3) is 4.29. The maximum atomic E-state index is 12.4. The fourth-order valence-corrected chi connectivity index (χ4v) is 3.31. The number of aromatic amines is 1. The molecule has 0 saturated carbocycles. The van der Waals surface area contributed by atoms with Crippen LogP contribution in [0.25, 0.3) is 0 Å². The Morgan fingerprint density at radius 1 is 1.38 bits per heavy atom. The molecule has 0 aliphatic heterocycles. The van der Waals surface area contributed by atoms with Gasteiger partial charge in [0.05, 0.1) is 6.20 Å². The summed E-state index contributed by atoms with van der Waals surface area (Å²) in [7, 11) is -3.69. The summed E-state index contributed by atoms with van der Waals surface area (Å²) in [6.45, 7) is 4.42. The molecule has 0 amide bonds. The van der Waals surface area contributed by atoms with Crippen molar-refractivity contribution in [3.05, 3.63) is 40.5 Å². The van der Waals surface area contributed by atoms with E-state index in [4.69, 9.17) is 0 Å². The number of sulfonamides is 1. The molecule has 0 radical (unpaired) electrons. The summed E-state index contributed by atoms with van der Waals surface area (Å²) in [5.41, 5.74) is 1.09. The molecule has 0 bridgehead atoms. The van der Waals surface area contributed by atoms with Gasteiger partial charge in [0, 0.05) is 28.3 Å². The van der Waals surface area contributed by atoms with Gasteiger partial charge in [-0.2, -0.15) is 13.5 Å². The van der Waals surface area contributed by atoms with Crippen LogP contribution in [-0.2, 0) is 16.6 Å². The number of hydrogen-bond donors (Lipinski definition) is 3. The third-order valence-electron chi connectivity index (χ3n) is 2.72. The molecule has 2 aromatic rings. The van der Waals surface area contributed by atoms with Crippen molar-refractivity contribution in [3.8, 4) is 0 Å². The van der Waals surface area contributed by atoms with E-state index in [2.05, 4.69) is 36.2 Å². The van der Waals surface area contributed by atoms with E-state index in [0.717, 1.165) is 4.47 Å². The minimum atomic E-state index is -3.69. The van der Waals surface area contributed by atoms with Gasteiger partial charge in [0.25, 0.3) is 10.0 Å². The molecule has 21 heavy (non-hydrogen) atoms. The Balaban J connectivity index is 2.22. The van der Waals surface area contributed by atoms with Crippen molar-refractivity contribution in [1.82, 2.24) is 15.5 Å². The van der Waals surface area contributed by atoms with E-state index in [-0.39, 0.29) is 11.1 Å². The number of nitrogens with one attached hydrogen (secondary N) is 3. The first-order chi connectivity index (χ1) is 9.88. The van der Waals surface area contributed by atoms with Crippen LogP contribution in [-0.4, -0.2) is 24.7 Å². The van der Waals surface area contributed by atoms with Crippen molar-refractivity contribution in [2.45, 2.75) is 31.5 Å². The fourth-order valence-electron chi connectivity index (χ4n) is 1.73. The summed E-state index contributed by atoms with van der Waals surface area (Å²) >= 11 is 3.31. The summed E-state index contributed by atoms with van der Waals surface area (Å²) in [5.74, 6) is 0. The molecule has 114 valence electrons. The van der Waals surface area contributed by atoms with E-state index in [9.17, 15) is 8.42 Å². The van der Waals surface area contributed by atoms with E-state index in [1.807, 2.05) is 19.9 Å². The van der Waals surface area contributed by atoms with Crippen LogP contribution in [0.4, 0.5) is 5.69 Å². The predicted molar refractivity (Wildman–Crippen MR) is 85.5 cm³/mol. The maximum absolute atomic E-state index is 12.4. The molecule has 6 nitrogen and oxygen atoms in total. The topological polar surface area (TPSA) is 86.9 Å². The number of H-pyrrole nitrogens is 1. The Labute approximate surface area is 132 Å². The number of anilines is 1. The van der Waals surface area contributed by atoms with Crippen LogP contribution in [0.1, 0.15) is 19.4 Å². The molecule has 0 aliphatic carbocycles. The molecule has 1 aromatic carbocycles. The molecule has 2 rings (SSSR count). The first-order valence-electron chi connectivity index (χ1n) is 6.42. The normalized spacial score (nSPS) is 11.8. The zero-order valence-electron chi connectivity index (χ0n) is 11.7. The number of hydrogen-bond acceptors (Lipinski definition) is 4. The van der Waals surface area contributed by atoms with Gasteiger partial charge in [-0.15, -0.1) is 0 Å². The molecule has 0 atom stereocenters. The quantitative estimate of drug-likeness (QED) is 0.726. The molecule has 1 aromatic heterocycles. The molecular weight excluding hydrogens is 356 g/mol. The monoisotopic (exact) mass is 372 g/mol. The summed E-state index contributed by atoms with van der Waals surface area (Å²) in [6.07, 6.45) is 1.52. The summed E-state index contributed by atoms with van der Waals surface area (Å²) < 4.78 is 28.2. The van der Waals surface area contributed by atoms with Gasteiger partial charge in [-0.3, -0.25) is 9.82 Å². The lowest BCUT2D eigenvalue weighted by Gasteiger charge is -2.10. The van der Waals surface area contributed by atoms with Crippen molar-refractivity contribution in [3.63, 3.8) is 0 Å². The highest BCUT2D eigenvalue weighted by atomic mass is 79.9. The second-order valence-corrected chi connectivity index (χ2v) is 7.41. The average molecular weight is 373 g/mol. The third-order valence-corrected chi connectivity index (χ3v) is 4.61. The molecule has 1 heterocycles. The Hall–Kier alpha value is -1.38. The molecular formula is C13H17BrN4O2S. The number of halogens is 1. The SMILES string of the molecule is CC(C)NCc1cn[nH]c1S(=O)(=O)Nc1cccc(Br)c1. The van der Waals surface area contributed by atoms with E-state index in [1.165, 1.54) is 6.20 Å². The van der Waals surface area contributed by atoms with Crippen molar-refractivity contribution in [1.29, 1.82) is 0 Å². The molecule has 0 saturated heterocycles. The van der Waals surface area contributed by atoms with Gasteiger partial charge in [-0.1, -0.05) is 35.8 Å². The Kier molecular flexibility index (Phi) is 5.02. The van der Waals surface area contributed by atoms with Gasteiger partial charge in [0.15, 0.2) is 5.03 Å². The van der Waals surface area contributed by atoms with Crippen LogP contribution in [0, 0.1) is 0 Å². The largest absolute Gasteiger partial charge is 0.310 e. The zero-order chi connectivity index (χ0) is 15.5.